The van der Waals surface area contributed by atoms with Crippen molar-refractivity contribution in [2.24, 2.45) is 4.99 Å². The Kier molecular flexibility index (Phi) is 5.38. The molecule has 1 saturated heterocycles. The summed E-state index contributed by atoms with van der Waals surface area (Å²) in [5.41, 5.74) is 3.89. The first-order valence-electron chi connectivity index (χ1n) is 10.9. The number of fused-ring (bicyclic) bond motifs is 1. The molecule has 166 valence electrons. The summed E-state index contributed by atoms with van der Waals surface area (Å²) in [6, 6.07) is 5.36. The van der Waals surface area contributed by atoms with E-state index >= 15 is 0 Å². The third kappa shape index (κ3) is 4.36. The van der Waals surface area contributed by atoms with Gasteiger partial charge >= 0.3 is 6.01 Å². The molecule has 0 amide bonds. The molecule has 1 aliphatic carbocycles. The van der Waals surface area contributed by atoms with Crippen LogP contribution in [0.5, 0.6) is 11.8 Å². The summed E-state index contributed by atoms with van der Waals surface area (Å²) in [7, 11) is 2.12. The highest BCUT2D eigenvalue weighted by molar-refractivity contribution is 6.05. The lowest BCUT2D eigenvalue weighted by atomic mass is 10.1. The third-order valence-electron chi connectivity index (χ3n) is 5.93. The van der Waals surface area contributed by atoms with Crippen LogP contribution in [0.2, 0.25) is 0 Å². The maximum absolute atomic E-state index is 14.6. The normalized spacial score (nSPS) is 18.2. The highest BCUT2D eigenvalue weighted by Gasteiger charge is 2.20. The molecule has 0 atom stereocenters. The van der Waals surface area contributed by atoms with Gasteiger partial charge in [0.1, 0.15) is 29.0 Å². The quantitative estimate of drug-likeness (QED) is 0.788. The second kappa shape index (κ2) is 8.35. The van der Waals surface area contributed by atoms with Crippen LogP contribution in [0.15, 0.2) is 40.4 Å². The number of nitrogens with zero attached hydrogens (tertiary/aromatic N) is 5. The zero-order valence-electron chi connectivity index (χ0n) is 18.7. The molecule has 8 heteroatoms. The molecular weight excluding hydrogens is 407 g/mol. The number of hydrogen-bond acceptors (Lipinski definition) is 7. The number of benzene rings is 1. The van der Waals surface area contributed by atoms with Gasteiger partial charge < -0.3 is 19.9 Å². The minimum Gasteiger partial charge on any atom is -0.424 e. The summed E-state index contributed by atoms with van der Waals surface area (Å²) in [6.45, 7) is 8.37. The van der Waals surface area contributed by atoms with Gasteiger partial charge in [-0.05, 0) is 56.2 Å². The van der Waals surface area contributed by atoms with Crippen LogP contribution in [-0.2, 0) is 6.42 Å². The number of amidine groups is 1. The summed E-state index contributed by atoms with van der Waals surface area (Å²) in [5.74, 6) is 2.27. The molecule has 0 radical (unpaired) electrons. The molecule has 0 saturated carbocycles. The van der Waals surface area contributed by atoms with Gasteiger partial charge in [-0.15, -0.1) is 0 Å². The van der Waals surface area contributed by atoms with Gasteiger partial charge in [-0.2, -0.15) is 9.97 Å². The van der Waals surface area contributed by atoms with Gasteiger partial charge in [-0.1, -0.05) is 11.6 Å². The zero-order chi connectivity index (χ0) is 22.2. The van der Waals surface area contributed by atoms with Crippen LogP contribution in [0, 0.1) is 5.82 Å². The number of anilines is 2. The molecule has 1 N–H and O–H groups in total. The van der Waals surface area contributed by atoms with Crippen LogP contribution in [-0.4, -0.2) is 60.5 Å². The molecule has 7 nitrogen and oxygen atoms in total. The molecule has 2 aromatic rings. The smallest absolute Gasteiger partial charge is 0.325 e. The Labute approximate surface area is 187 Å². The summed E-state index contributed by atoms with van der Waals surface area (Å²) in [6.07, 6.45) is 4.63. The van der Waals surface area contributed by atoms with Crippen LogP contribution in [0.3, 0.4) is 0 Å². The fourth-order valence-electron chi connectivity index (χ4n) is 4.17. The van der Waals surface area contributed by atoms with Crippen molar-refractivity contribution < 1.29 is 9.13 Å². The second-order valence-electron chi connectivity index (χ2n) is 8.74. The molecule has 3 heterocycles. The van der Waals surface area contributed by atoms with E-state index in [1.807, 2.05) is 38.1 Å². The molecule has 32 heavy (non-hydrogen) atoms. The summed E-state index contributed by atoms with van der Waals surface area (Å²) < 4.78 is 20.6. The molecule has 3 aliphatic rings. The van der Waals surface area contributed by atoms with Crippen LogP contribution >= 0.6 is 0 Å². The molecule has 0 unspecified atom stereocenters. The summed E-state index contributed by atoms with van der Waals surface area (Å²) in [4.78, 5) is 18.2. The van der Waals surface area contributed by atoms with E-state index in [1.165, 1.54) is 11.6 Å². The van der Waals surface area contributed by atoms with Crippen molar-refractivity contribution in [2.75, 3.05) is 50.0 Å². The topological polar surface area (TPSA) is 65.9 Å². The van der Waals surface area contributed by atoms with E-state index in [-0.39, 0.29) is 11.8 Å². The van der Waals surface area contributed by atoms with E-state index in [1.54, 1.807) is 0 Å². The average molecular weight is 435 g/mol. The van der Waals surface area contributed by atoms with Crippen molar-refractivity contribution in [1.82, 2.24) is 14.9 Å². The molecule has 2 aliphatic heterocycles. The Morgan fingerprint density at radius 2 is 1.81 bits per heavy atom. The molecule has 1 aromatic heterocycles. The van der Waals surface area contributed by atoms with E-state index in [9.17, 15) is 4.39 Å². The number of nitrogens with one attached hydrogen (secondary N) is 1. The predicted molar refractivity (Wildman–Crippen MR) is 125 cm³/mol. The third-order valence-corrected chi connectivity index (χ3v) is 5.93. The fourth-order valence-corrected chi connectivity index (χ4v) is 4.17. The first-order valence-corrected chi connectivity index (χ1v) is 10.9. The number of piperazine rings is 1. The van der Waals surface area contributed by atoms with Gasteiger partial charge in [0.05, 0.1) is 6.54 Å². The summed E-state index contributed by atoms with van der Waals surface area (Å²) in [5, 5.41) is 3.27. The molecular formula is C24H27FN6O. The highest BCUT2D eigenvalue weighted by Crippen LogP contribution is 2.33. The van der Waals surface area contributed by atoms with E-state index in [0.29, 0.717) is 30.1 Å². The summed E-state index contributed by atoms with van der Waals surface area (Å²) >= 11 is 0. The van der Waals surface area contributed by atoms with Crippen molar-refractivity contribution in [3.8, 4) is 11.8 Å². The van der Waals surface area contributed by atoms with Crippen molar-refractivity contribution in [1.29, 1.82) is 0 Å². The van der Waals surface area contributed by atoms with Gasteiger partial charge in [0.15, 0.2) is 0 Å². The molecule has 1 aromatic carbocycles. The van der Waals surface area contributed by atoms with Crippen molar-refractivity contribution >= 4 is 23.5 Å². The van der Waals surface area contributed by atoms with Crippen molar-refractivity contribution in [2.45, 2.75) is 20.3 Å². The Morgan fingerprint density at radius 1 is 1.00 bits per heavy atom. The number of aromatic nitrogens is 2. The first-order chi connectivity index (χ1) is 15.4. The lowest BCUT2D eigenvalue weighted by Crippen LogP contribution is -2.44. The van der Waals surface area contributed by atoms with E-state index in [2.05, 4.69) is 37.1 Å². The van der Waals surface area contributed by atoms with Gasteiger partial charge in [-0.3, -0.25) is 4.99 Å². The van der Waals surface area contributed by atoms with E-state index in [0.717, 1.165) is 49.0 Å². The van der Waals surface area contributed by atoms with Crippen LogP contribution in [0.4, 0.5) is 16.0 Å². The Bertz CT molecular complexity index is 1150. The number of hydrogen-bond donors (Lipinski definition) is 1. The van der Waals surface area contributed by atoms with Crippen LogP contribution in [0.1, 0.15) is 25.0 Å². The van der Waals surface area contributed by atoms with Crippen molar-refractivity contribution in [3.05, 3.63) is 52.4 Å². The van der Waals surface area contributed by atoms with Gasteiger partial charge in [-0.25, -0.2) is 4.39 Å². The number of allylic oxidation sites excluding steroid dienone is 1. The lowest BCUT2D eigenvalue weighted by molar-refractivity contribution is 0.311. The number of aliphatic imine (C=N–C) groups is 1. The predicted octanol–water partition coefficient (Wildman–Crippen LogP) is 3.89. The first kappa shape index (κ1) is 20.6. The Balaban J connectivity index is 1.45. The maximum Gasteiger partial charge on any atom is 0.325 e. The minimum atomic E-state index is -0.264. The molecule has 1 fully saturated rings. The number of likely N-dealkylation sites (N-methyl/N-ethyl adjacent to an activating group) is 1. The van der Waals surface area contributed by atoms with Gasteiger partial charge in [0, 0.05) is 38.3 Å². The number of rotatable bonds is 4. The Morgan fingerprint density at radius 3 is 2.56 bits per heavy atom. The van der Waals surface area contributed by atoms with Crippen LogP contribution < -0.4 is 15.0 Å². The molecule has 5 rings (SSSR count). The second-order valence-corrected chi connectivity index (χ2v) is 8.74. The highest BCUT2D eigenvalue weighted by atomic mass is 19.1. The number of halogens is 1. The van der Waals surface area contributed by atoms with E-state index in [4.69, 9.17) is 4.74 Å². The Hall–Kier alpha value is -3.26. The number of ether oxygens (including phenoxy) is 1. The largest absolute Gasteiger partial charge is 0.424 e. The van der Waals surface area contributed by atoms with Crippen molar-refractivity contribution in [3.63, 3.8) is 0 Å². The minimum absolute atomic E-state index is 0.182. The molecule has 0 bridgehead atoms. The lowest BCUT2D eigenvalue weighted by Gasteiger charge is -2.33. The maximum atomic E-state index is 14.6. The fraction of sp³-hybridized carbons (Fsp3) is 0.375. The average Bonchev–Trinajstić information content (AvgIpc) is 3.33. The monoisotopic (exact) mass is 434 g/mol. The van der Waals surface area contributed by atoms with Gasteiger partial charge in [0.25, 0.3) is 0 Å². The van der Waals surface area contributed by atoms with E-state index < -0.39 is 0 Å². The molecule has 0 spiro atoms. The SMILES string of the molecule is CC1=CC(Nc2cc(N3CCN(C)CC3)nc(Oc3cc(F)c4c(c3)C=C(C)C4)n2)=NC1. The standard InChI is InChI=1S/C24H27FN6O/c1-15-8-17-11-18(12-20(25)19(17)9-15)32-24-28-22(27-21-10-16(2)14-26-21)13-23(29-24)31-6-4-30(3)5-7-31/h8,10-13H,4-7,9,14H2,1-3H3,(H,26,27,28,29). The van der Waals surface area contributed by atoms with Gasteiger partial charge in [0.2, 0.25) is 0 Å². The van der Waals surface area contributed by atoms with Crippen LogP contribution in [0.25, 0.3) is 6.08 Å². The zero-order valence-corrected chi connectivity index (χ0v) is 18.7.